The van der Waals surface area contributed by atoms with Crippen LogP contribution in [0, 0.1) is 23.5 Å². The molecule has 0 aliphatic heterocycles. The van der Waals surface area contributed by atoms with Gasteiger partial charge in [0.15, 0.2) is 11.6 Å². The van der Waals surface area contributed by atoms with Gasteiger partial charge in [-0.3, -0.25) is 0 Å². The van der Waals surface area contributed by atoms with Gasteiger partial charge in [0.1, 0.15) is 0 Å². The Labute approximate surface area is 80.4 Å². The van der Waals surface area contributed by atoms with Crippen molar-refractivity contribution in [2.24, 2.45) is 0 Å². The first-order valence-electron chi connectivity index (χ1n) is 4.00. The molecule has 0 aliphatic rings. The van der Waals surface area contributed by atoms with Crippen LogP contribution < -0.4 is 5.73 Å². The highest BCUT2D eigenvalue weighted by atomic mass is 19.2. The molecule has 0 heterocycles. The lowest BCUT2D eigenvalue weighted by atomic mass is 10.1. The lowest BCUT2D eigenvalue weighted by Gasteiger charge is -2.00. The minimum atomic E-state index is -1.05. The molecular formula is C10H9F2NO. The maximum absolute atomic E-state index is 13.1. The standard InChI is InChI=1S/C10H9F2NO/c11-8-4-5-9(13)7(10(8)12)3-1-2-6-14/h4-5,14H,2,6,13H2. The summed E-state index contributed by atoms with van der Waals surface area (Å²) >= 11 is 0. The van der Waals surface area contributed by atoms with Gasteiger partial charge in [0.25, 0.3) is 0 Å². The second kappa shape index (κ2) is 4.58. The van der Waals surface area contributed by atoms with Crippen molar-refractivity contribution in [2.75, 3.05) is 12.3 Å². The predicted octanol–water partition coefficient (Wildman–Crippen LogP) is 1.28. The fraction of sp³-hybridized carbons (Fsp3) is 0.200. The van der Waals surface area contributed by atoms with Crippen LogP contribution in [-0.2, 0) is 0 Å². The Morgan fingerprint density at radius 2 is 2.07 bits per heavy atom. The summed E-state index contributed by atoms with van der Waals surface area (Å²) in [6.07, 6.45) is 0.204. The summed E-state index contributed by atoms with van der Waals surface area (Å²) in [6.45, 7) is -0.121. The molecule has 0 aliphatic carbocycles. The van der Waals surface area contributed by atoms with E-state index >= 15 is 0 Å². The van der Waals surface area contributed by atoms with Gasteiger partial charge in [-0.15, -0.1) is 0 Å². The van der Waals surface area contributed by atoms with Gasteiger partial charge in [-0.05, 0) is 12.1 Å². The van der Waals surface area contributed by atoms with Gasteiger partial charge in [-0.1, -0.05) is 11.8 Å². The van der Waals surface area contributed by atoms with Gasteiger partial charge in [0.2, 0.25) is 0 Å². The van der Waals surface area contributed by atoms with Crippen molar-refractivity contribution in [3.8, 4) is 11.8 Å². The first-order chi connectivity index (χ1) is 6.66. The predicted molar refractivity (Wildman–Crippen MR) is 49.4 cm³/mol. The van der Waals surface area contributed by atoms with Crippen LogP contribution in [0.2, 0.25) is 0 Å². The number of hydrogen-bond acceptors (Lipinski definition) is 2. The minimum Gasteiger partial charge on any atom is -0.398 e. The molecule has 0 bridgehead atoms. The molecule has 0 saturated heterocycles. The van der Waals surface area contributed by atoms with Gasteiger partial charge >= 0.3 is 0 Å². The highest BCUT2D eigenvalue weighted by molar-refractivity contribution is 5.56. The molecule has 3 N–H and O–H groups in total. The third-order valence-electron chi connectivity index (χ3n) is 1.58. The molecule has 2 nitrogen and oxygen atoms in total. The first-order valence-corrected chi connectivity index (χ1v) is 4.00. The summed E-state index contributed by atoms with van der Waals surface area (Å²) in [5.74, 6) is 2.82. The van der Waals surface area contributed by atoms with Crippen LogP contribution in [0.1, 0.15) is 12.0 Å². The van der Waals surface area contributed by atoms with Gasteiger partial charge in [0, 0.05) is 6.42 Å². The highest BCUT2D eigenvalue weighted by Crippen LogP contribution is 2.17. The van der Waals surface area contributed by atoms with Crippen molar-refractivity contribution >= 4 is 5.69 Å². The Morgan fingerprint density at radius 1 is 1.36 bits per heavy atom. The van der Waals surface area contributed by atoms with E-state index in [0.29, 0.717) is 0 Å². The molecule has 14 heavy (non-hydrogen) atoms. The van der Waals surface area contributed by atoms with E-state index < -0.39 is 11.6 Å². The van der Waals surface area contributed by atoms with Crippen LogP contribution in [0.4, 0.5) is 14.5 Å². The number of halogens is 2. The molecule has 0 fully saturated rings. The van der Waals surface area contributed by atoms with E-state index in [1.54, 1.807) is 0 Å². The molecular weight excluding hydrogens is 188 g/mol. The lowest BCUT2D eigenvalue weighted by molar-refractivity contribution is 0.305. The Kier molecular flexibility index (Phi) is 3.43. The maximum atomic E-state index is 13.1. The van der Waals surface area contributed by atoms with Crippen molar-refractivity contribution in [3.63, 3.8) is 0 Å². The second-order valence-electron chi connectivity index (χ2n) is 2.60. The van der Waals surface area contributed by atoms with E-state index in [0.717, 1.165) is 6.07 Å². The van der Waals surface area contributed by atoms with Gasteiger partial charge in [0.05, 0.1) is 17.9 Å². The molecule has 0 saturated carbocycles. The van der Waals surface area contributed by atoms with Crippen molar-refractivity contribution in [3.05, 3.63) is 29.3 Å². The van der Waals surface area contributed by atoms with Crippen LogP contribution in [0.5, 0.6) is 0 Å². The SMILES string of the molecule is Nc1ccc(F)c(F)c1C#CCCO. The molecule has 0 aromatic heterocycles. The number of rotatable bonds is 1. The monoisotopic (exact) mass is 197 g/mol. The minimum absolute atomic E-state index is 0.0920. The zero-order valence-corrected chi connectivity index (χ0v) is 7.35. The Balaban J connectivity index is 3.08. The number of aliphatic hydroxyl groups excluding tert-OH is 1. The van der Waals surface area contributed by atoms with Crippen molar-refractivity contribution < 1.29 is 13.9 Å². The van der Waals surface area contributed by atoms with Crippen LogP contribution >= 0.6 is 0 Å². The summed E-state index contributed by atoms with van der Waals surface area (Å²) in [5.41, 5.74) is 5.34. The van der Waals surface area contributed by atoms with Gasteiger partial charge < -0.3 is 10.8 Å². The summed E-state index contributed by atoms with van der Waals surface area (Å²) in [7, 11) is 0. The zero-order chi connectivity index (χ0) is 10.6. The average Bonchev–Trinajstić information content (AvgIpc) is 2.18. The van der Waals surface area contributed by atoms with Crippen LogP contribution in [0.15, 0.2) is 12.1 Å². The molecule has 1 rings (SSSR count). The number of nitrogens with two attached hydrogens (primary N) is 1. The van der Waals surface area contributed by atoms with Crippen molar-refractivity contribution in [1.29, 1.82) is 0 Å². The normalized spacial score (nSPS) is 9.36. The Morgan fingerprint density at radius 3 is 2.71 bits per heavy atom. The van der Waals surface area contributed by atoms with E-state index in [1.807, 2.05) is 0 Å². The van der Waals surface area contributed by atoms with Crippen LogP contribution in [-0.4, -0.2) is 11.7 Å². The Hall–Kier alpha value is -1.60. The smallest absolute Gasteiger partial charge is 0.176 e. The molecule has 0 unspecified atom stereocenters. The highest BCUT2D eigenvalue weighted by Gasteiger charge is 2.08. The van der Waals surface area contributed by atoms with E-state index in [-0.39, 0.29) is 24.3 Å². The maximum Gasteiger partial charge on any atom is 0.176 e. The lowest BCUT2D eigenvalue weighted by Crippen LogP contribution is -1.97. The zero-order valence-electron chi connectivity index (χ0n) is 7.35. The van der Waals surface area contributed by atoms with Gasteiger partial charge in [-0.2, -0.15) is 0 Å². The summed E-state index contributed by atoms with van der Waals surface area (Å²) in [4.78, 5) is 0. The molecule has 0 amide bonds. The molecule has 74 valence electrons. The first kappa shape index (κ1) is 10.5. The molecule has 1 aromatic rings. The number of aliphatic hydroxyl groups is 1. The number of nitrogen functional groups attached to an aromatic ring is 1. The van der Waals surface area contributed by atoms with Crippen molar-refractivity contribution in [1.82, 2.24) is 0 Å². The average molecular weight is 197 g/mol. The Bertz CT molecular complexity index is 393. The van der Waals surface area contributed by atoms with Crippen molar-refractivity contribution in [2.45, 2.75) is 6.42 Å². The summed E-state index contributed by atoms with van der Waals surface area (Å²) in [6, 6.07) is 2.20. The quantitative estimate of drug-likeness (QED) is 0.526. The molecule has 0 atom stereocenters. The third kappa shape index (κ3) is 2.21. The molecule has 0 radical (unpaired) electrons. The molecule has 1 aromatic carbocycles. The molecule has 4 heteroatoms. The topological polar surface area (TPSA) is 46.2 Å². The number of hydrogen-bond donors (Lipinski definition) is 2. The van der Waals surface area contributed by atoms with E-state index in [9.17, 15) is 8.78 Å². The van der Waals surface area contributed by atoms with Crippen LogP contribution in [0.3, 0.4) is 0 Å². The molecule has 0 spiro atoms. The number of anilines is 1. The van der Waals surface area contributed by atoms with E-state index in [4.69, 9.17) is 10.8 Å². The van der Waals surface area contributed by atoms with E-state index in [1.165, 1.54) is 6.07 Å². The third-order valence-corrected chi connectivity index (χ3v) is 1.58. The summed E-state index contributed by atoms with van der Waals surface area (Å²) < 4.78 is 25.8. The second-order valence-corrected chi connectivity index (χ2v) is 2.60. The fourth-order valence-corrected chi connectivity index (χ4v) is 0.899. The van der Waals surface area contributed by atoms with Crippen LogP contribution in [0.25, 0.3) is 0 Å². The fourth-order valence-electron chi connectivity index (χ4n) is 0.899. The van der Waals surface area contributed by atoms with Gasteiger partial charge in [-0.25, -0.2) is 8.78 Å². The number of benzene rings is 1. The van der Waals surface area contributed by atoms with E-state index in [2.05, 4.69) is 11.8 Å². The largest absolute Gasteiger partial charge is 0.398 e. The summed E-state index contributed by atoms with van der Waals surface area (Å²) in [5, 5.41) is 8.44.